The van der Waals surface area contributed by atoms with Gasteiger partial charge in [0.25, 0.3) is 23.6 Å². The summed E-state index contributed by atoms with van der Waals surface area (Å²) < 4.78 is 245. The Morgan fingerprint density at radius 2 is 0.687 bits per heavy atom. The first-order valence-corrected chi connectivity index (χ1v) is 49.9. The lowest BCUT2D eigenvalue weighted by Crippen LogP contribution is -2.28. The number of nitrogens with one attached hydrogen (secondary N) is 4. The summed E-state index contributed by atoms with van der Waals surface area (Å²) in [5.41, 5.74) is 4.13. The lowest BCUT2D eigenvalue weighted by molar-refractivity contribution is -0.0501. The van der Waals surface area contributed by atoms with E-state index in [2.05, 4.69) is 96.2 Å². The van der Waals surface area contributed by atoms with Crippen LogP contribution in [0.1, 0.15) is 78.7 Å². The van der Waals surface area contributed by atoms with E-state index in [9.17, 15) is 88.0 Å². The van der Waals surface area contributed by atoms with Crippen LogP contribution in [0.15, 0.2) is 274 Å². The summed E-state index contributed by atoms with van der Waals surface area (Å²) in [5, 5.41) is 43.8. The number of methoxy groups -OCH3 is 1. The lowest BCUT2D eigenvalue weighted by Gasteiger charge is -2.25. The van der Waals surface area contributed by atoms with Gasteiger partial charge in [-0.3, -0.25) is 37.9 Å². The number of anilines is 4. The van der Waals surface area contributed by atoms with Crippen molar-refractivity contribution >= 4 is 108 Å². The molecule has 1 saturated carbocycles. The summed E-state index contributed by atoms with van der Waals surface area (Å²) in [6, 6.07) is 33.7. The molecule has 0 spiro atoms. The number of sulfone groups is 4. The maximum absolute atomic E-state index is 13.5. The Morgan fingerprint density at radius 3 is 0.993 bits per heavy atom. The van der Waals surface area contributed by atoms with Gasteiger partial charge in [-0.25, -0.2) is 71.7 Å². The molecule has 6 aromatic carbocycles. The van der Waals surface area contributed by atoms with Crippen LogP contribution in [0, 0.1) is 6.92 Å². The first kappa shape index (κ1) is 103. The van der Waals surface area contributed by atoms with Gasteiger partial charge in [0.05, 0.1) is 94.5 Å². The molecule has 1 aliphatic rings. The molecular formula is C94H82F8N24O17S4. The number of hydrogen-bond acceptors (Lipinski definition) is 29. The fourth-order valence-electron chi connectivity index (χ4n) is 15.3. The molecule has 1 fully saturated rings. The fourth-order valence-corrected chi connectivity index (χ4v) is 21.1. The number of hydrogen-bond donors (Lipinski definition) is 4. The average Bonchev–Trinajstić information content (AvgIpc) is 1.71. The maximum Gasteiger partial charge on any atom is 0.387 e. The highest BCUT2D eigenvalue weighted by atomic mass is 32.2. The minimum Gasteiger partial charge on any atom is -0.434 e. The molecule has 0 aliphatic heterocycles. The van der Waals surface area contributed by atoms with Crippen molar-refractivity contribution in [2.45, 2.75) is 101 Å². The number of carbonyl (C=O) groups excluding carboxylic acids is 4. The zero-order valence-corrected chi connectivity index (χ0v) is 81.0. The molecule has 0 radical (unpaired) electrons. The van der Waals surface area contributed by atoms with E-state index in [1.807, 2.05) is 13.0 Å². The highest BCUT2D eigenvalue weighted by molar-refractivity contribution is 7.92. The molecule has 53 heteroatoms. The van der Waals surface area contributed by atoms with Crippen LogP contribution < -0.4 is 40.2 Å². The van der Waals surface area contributed by atoms with E-state index >= 15 is 0 Å². The molecule has 41 nitrogen and oxygen atoms in total. The van der Waals surface area contributed by atoms with Crippen molar-refractivity contribution in [1.82, 2.24) is 97.5 Å². The van der Waals surface area contributed by atoms with Crippen molar-refractivity contribution in [3.05, 3.63) is 278 Å². The molecule has 12 heterocycles. The minimum atomic E-state index is -4.02. The van der Waals surface area contributed by atoms with E-state index in [-0.39, 0.29) is 155 Å². The van der Waals surface area contributed by atoms with Crippen LogP contribution in [0.2, 0.25) is 0 Å². The maximum atomic E-state index is 13.5. The SMILES string of the molecule is CCc1cccc(S(=O)(=O)c2ccc(OC(F)F)c(-c3nn(C)cc3NC(=O)c3cnn4cccnc34)c2)c1.COCCS(=O)(=O)c1ccc(OC(F)F)c(-c2nn(C)cc2NC(=O)c2cnn3cccnc23)c1.Cc1cccc(S(=O)(=O)c2ccc(OC(F)F)c(-c3nn(C)cc3NC(=O)c3cnn4cccnc34)c2)c1.Cn1cc(NC(=O)c2cnn3cccnc23)c(-c2cc(S(=O)(=O)C3CCC3)ccc2OC(F)F)n1. The van der Waals surface area contributed by atoms with E-state index in [0.717, 1.165) is 41.8 Å². The summed E-state index contributed by atoms with van der Waals surface area (Å²) in [7, 11) is -7.84. The average molecular weight is 2100 g/mol. The van der Waals surface area contributed by atoms with E-state index in [1.165, 1.54) is 185 Å². The van der Waals surface area contributed by atoms with Crippen LogP contribution in [0.5, 0.6) is 23.0 Å². The van der Waals surface area contributed by atoms with Crippen LogP contribution >= 0.6 is 0 Å². The second-order valence-corrected chi connectivity index (χ2v) is 40.5. The van der Waals surface area contributed by atoms with Gasteiger partial charge in [0.2, 0.25) is 19.7 Å². The van der Waals surface area contributed by atoms with Crippen molar-refractivity contribution in [1.29, 1.82) is 0 Å². The Hall–Kier alpha value is -17.1. The largest absolute Gasteiger partial charge is 0.434 e. The van der Waals surface area contributed by atoms with E-state index < -0.39 is 94.7 Å². The van der Waals surface area contributed by atoms with Crippen LogP contribution in [0.3, 0.4) is 0 Å². The van der Waals surface area contributed by atoms with Gasteiger partial charge < -0.3 is 45.0 Å². The number of aromatic nitrogens is 20. The Labute approximate surface area is 828 Å². The fraction of sp³-hybridized carbons (Fsp3) is 0.191. The van der Waals surface area contributed by atoms with Crippen molar-refractivity contribution in [3.8, 4) is 68.0 Å². The van der Waals surface area contributed by atoms with Crippen molar-refractivity contribution < 1.29 is 112 Å². The van der Waals surface area contributed by atoms with Crippen LogP contribution in [-0.4, -0.2) is 206 Å². The molecule has 0 bridgehead atoms. The molecule has 18 aromatic rings. The number of halogens is 8. The Bertz CT molecular complexity index is 8550. The van der Waals surface area contributed by atoms with Crippen LogP contribution in [-0.2, 0) is 78.7 Å². The molecule has 147 heavy (non-hydrogen) atoms. The predicted octanol–water partition coefficient (Wildman–Crippen LogP) is 14.2. The smallest absolute Gasteiger partial charge is 0.387 e. The van der Waals surface area contributed by atoms with Crippen LogP contribution in [0.25, 0.3) is 67.6 Å². The third-order valence-electron chi connectivity index (χ3n) is 22.4. The standard InChI is InChI=1S/C26H22F2N6O4S.C25H20F2N6O4S.C22H20F2N6O4S.C21H20F2N6O5S/c1-3-16-6-4-7-17(12-16)39(36,37)18-8-9-22(38-26(27)28)19(13-18)23-21(15-33(2)32-23)31-25(35)20-14-30-34-11-5-10-29-24(20)34;1-15-5-3-6-16(11-15)38(35,36)17-7-8-21(37-25(26)27)18(12-17)22-20(14-32(2)31-22)30-24(34)19-13-29-33-10-4-9-28-23(19)33;1-29-12-17(27-21(31)16-11-26-30-9-3-8-25-20(16)30)19(28-29)15-10-14(6-7-18(15)34-22(23)24)35(32,33)13-4-2-5-13;1-28-12-16(26-20(30)15-11-25-29-7-3-6-24-19(15)29)18(27-28)14-10-13(35(31,32)9-8-33-2)4-5-17(14)34-21(22)23/h4-15,26H,3H2,1-2H3,(H,31,35);3-14,25H,1-2H3,(H,30,34);3,6-13,22H,2,4-5H2,1H3,(H,27,31);3-7,10-12,21H,8-9H2,1-2H3,(H,26,30). The number of aryl methyl sites for hydroxylation is 6. The number of alkyl halides is 8. The number of rotatable bonds is 31. The number of ether oxygens (including phenoxy) is 5. The van der Waals surface area contributed by atoms with Gasteiger partial charge in [-0.15, -0.1) is 0 Å². The van der Waals surface area contributed by atoms with Gasteiger partial charge in [0, 0.05) is 132 Å². The zero-order valence-electron chi connectivity index (χ0n) is 77.8. The molecule has 4 amide bonds. The summed E-state index contributed by atoms with van der Waals surface area (Å²) in [4.78, 5) is 68.5. The molecule has 0 saturated heterocycles. The monoisotopic (exact) mass is 2100 g/mol. The van der Waals surface area contributed by atoms with Crippen molar-refractivity contribution in [3.63, 3.8) is 0 Å². The normalized spacial score (nSPS) is 12.3. The number of fused-ring (bicyclic) bond motifs is 4. The molecular weight excluding hydrogens is 2020 g/mol. The number of amides is 4. The predicted molar refractivity (Wildman–Crippen MR) is 512 cm³/mol. The summed E-state index contributed by atoms with van der Waals surface area (Å²) in [6.45, 7) is -9.07. The van der Waals surface area contributed by atoms with E-state index in [1.54, 1.807) is 108 Å². The van der Waals surface area contributed by atoms with Gasteiger partial charge >= 0.3 is 26.4 Å². The molecule has 19 rings (SSSR count). The molecule has 1 aliphatic carbocycles. The second-order valence-electron chi connectivity index (χ2n) is 32.2. The summed E-state index contributed by atoms with van der Waals surface area (Å²) >= 11 is 0. The highest BCUT2D eigenvalue weighted by Crippen LogP contribution is 2.45. The van der Waals surface area contributed by atoms with Crippen molar-refractivity contribution in [2.75, 3.05) is 40.7 Å². The van der Waals surface area contributed by atoms with Gasteiger partial charge in [-0.2, -0.15) is 75.9 Å². The number of nitrogens with zero attached hydrogens (tertiary/aromatic N) is 20. The quantitative estimate of drug-likeness (QED) is 0.0293. The molecule has 0 unspecified atom stereocenters. The number of carbonyl (C=O) groups is 4. The van der Waals surface area contributed by atoms with Gasteiger partial charge in [-0.1, -0.05) is 37.6 Å². The zero-order chi connectivity index (χ0) is 105. The lowest BCUT2D eigenvalue weighted by atomic mass is 10.00. The molecule has 760 valence electrons. The Kier molecular flexibility index (Phi) is 30.2. The molecule has 4 N–H and O–H groups in total. The highest BCUT2D eigenvalue weighted by Gasteiger charge is 2.36. The topological polar surface area (TPSA) is 491 Å². The van der Waals surface area contributed by atoms with E-state index in [0.29, 0.717) is 41.9 Å². The summed E-state index contributed by atoms with van der Waals surface area (Å²) in [6.07, 6.45) is 26.3. The minimum absolute atomic E-state index is 0.0135. The van der Waals surface area contributed by atoms with Crippen LogP contribution in [0.4, 0.5) is 57.9 Å². The Morgan fingerprint density at radius 1 is 0.388 bits per heavy atom. The molecule has 12 aromatic heterocycles. The van der Waals surface area contributed by atoms with Gasteiger partial charge in [-0.05, 0) is 159 Å². The summed E-state index contributed by atoms with van der Waals surface area (Å²) in [5.74, 6) is -3.78. The van der Waals surface area contributed by atoms with Gasteiger partial charge in [0.1, 0.15) is 68.0 Å². The van der Waals surface area contributed by atoms with Crippen molar-refractivity contribution in [2.24, 2.45) is 28.2 Å². The third-order valence-corrected chi connectivity index (χ3v) is 29.8. The Balaban J connectivity index is 0.000000140. The van der Waals surface area contributed by atoms with Gasteiger partial charge in [0.15, 0.2) is 42.3 Å². The third kappa shape index (κ3) is 22.8. The van der Waals surface area contributed by atoms with E-state index in [4.69, 9.17) is 9.47 Å². The molecule has 0 atom stereocenters. The first-order chi connectivity index (χ1) is 70.2. The number of benzene rings is 6. The second kappa shape index (κ2) is 43.2. The first-order valence-electron chi connectivity index (χ1n) is 43.8.